The van der Waals surface area contributed by atoms with Gasteiger partial charge in [0.25, 0.3) is 0 Å². The lowest BCUT2D eigenvalue weighted by molar-refractivity contribution is -0.147. The van der Waals surface area contributed by atoms with Crippen LogP contribution < -0.4 is 0 Å². The van der Waals surface area contributed by atoms with Crippen molar-refractivity contribution >= 4 is 11.8 Å². The summed E-state index contributed by atoms with van der Waals surface area (Å²) in [6.07, 6.45) is 0.960. The van der Waals surface area contributed by atoms with Crippen LogP contribution >= 0.6 is 0 Å². The van der Waals surface area contributed by atoms with Gasteiger partial charge in [-0.15, -0.1) is 0 Å². The second-order valence-corrected chi connectivity index (χ2v) is 6.16. The minimum Gasteiger partial charge on any atom is -0.395 e. The Morgan fingerprint density at radius 1 is 1.35 bits per heavy atom. The van der Waals surface area contributed by atoms with Crippen molar-refractivity contribution in [2.45, 2.75) is 32.7 Å². The maximum atomic E-state index is 12.8. The van der Waals surface area contributed by atoms with Gasteiger partial charge in [0.1, 0.15) is 0 Å². The summed E-state index contributed by atoms with van der Waals surface area (Å²) in [4.78, 5) is 28.5. The molecule has 126 valence electrons. The van der Waals surface area contributed by atoms with Gasteiger partial charge in [-0.05, 0) is 25.8 Å². The highest BCUT2D eigenvalue weighted by atomic mass is 16.3. The van der Waals surface area contributed by atoms with E-state index in [1.807, 2.05) is 43.0 Å². The van der Waals surface area contributed by atoms with Gasteiger partial charge in [0, 0.05) is 26.6 Å². The second kappa shape index (κ2) is 7.59. The van der Waals surface area contributed by atoms with Gasteiger partial charge in [0.05, 0.1) is 18.6 Å². The molecule has 0 radical (unpaired) electrons. The molecule has 23 heavy (non-hydrogen) atoms. The summed E-state index contributed by atoms with van der Waals surface area (Å²) in [7, 11) is 1.71. The van der Waals surface area contributed by atoms with Crippen molar-refractivity contribution in [3.63, 3.8) is 0 Å². The zero-order valence-corrected chi connectivity index (χ0v) is 14.2. The van der Waals surface area contributed by atoms with Gasteiger partial charge in [-0.2, -0.15) is 0 Å². The Hall–Kier alpha value is -1.88. The molecule has 0 aliphatic carbocycles. The number of likely N-dealkylation sites (N-methyl/N-ethyl adjacent to an activating group) is 1. The Balaban J connectivity index is 2.36. The number of carbonyl (C=O) groups excluding carboxylic acids is 2. The van der Waals surface area contributed by atoms with Crippen molar-refractivity contribution in [2.75, 3.05) is 26.7 Å². The molecule has 0 bridgehead atoms. The van der Waals surface area contributed by atoms with Crippen molar-refractivity contribution in [3.8, 4) is 0 Å². The molecule has 2 amide bonds. The third kappa shape index (κ3) is 3.72. The molecule has 1 fully saturated rings. The van der Waals surface area contributed by atoms with E-state index in [1.54, 1.807) is 11.9 Å². The van der Waals surface area contributed by atoms with Crippen molar-refractivity contribution in [3.05, 3.63) is 35.4 Å². The lowest BCUT2D eigenvalue weighted by Gasteiger charge is -2.41. The molecule has 2 rings (SSSR count). The monoisotopic (exact) mass is 318 g/mol. The lowest BCUT2D eigenvalue weighted by Crippen LogP contribution is -2.48. The van der Waals surface area contributed by atoms with E-state index in [2.05, 4.69) is 0 Å². The third-order valence-corrected chi connectivity index (χ3v) is 4.59. The molecule has 0 saturated carbocycles. The highest BCUT2D eigenvalue weighted by Gasteiger charge is 2.40. The first-order valence-electron chi connectivity index (χ1n) is 8.21. The molecule has 1 aromatic carbocycles. The molecular weight excluding hydrogens is 292 g/mol. The maximum absolute atomic E-state index is 12.8. The largest absolute Gasteiger partial charge is 0.395 e. The van der Waals surface area contributed by atoms with Gasteiger partial charge in [0.2, 0.25) is 11.8 Å². The number of carbonyl (C=O) groups is 2. The Labute approximate surface area is 137 Å². The summed E-state index contributed by atoms with van der Waals surface area (Å²) in [5.74, 6) is -0.158. The first kappa shape index (κ1) is 17.5. The number of rotatable bonds is 5. The average Bonchev–Trinajstić information content (AvgIpc) is 2.55. The standard InChI is InChI=1S/C18H26N2O3/c1-4-20-16(22)10-9-15(18(23)19(3)11-12-21)17(20)14-7-5-13(2)6-8-14/h5-8,15,17,21H,4,9-12H2,1-3H3/t15-,17+/m1/s1. The lowest BCUT2D eigenvalue weighted by atomic mass is 9.83. The summed E-state index contributed by atoms with van der Waals surface area (Å²) >= 11 is 0. The van der Waals surface area contributed by atoms with Crippen LogP contribution in [0.2, 0.25) is 0 Å². The van der Waals surface area contributed by atoms with Gasteiger partial charge < -0.3 is 14.9 Å². The van der Waals surface area contributed by atoms with Crippen molar-refractivity contribution in [1.29, 1.82) is 0 Å². The van der Waals surface area contributed by atoms with Gasteiger partial charge in [-0.3, -0.25) is 9.59 Å². The fraction of sp³-hybridized carbons (Fsp3) is 0.556. The van der Waals surface area contributed by atoms with E-state index in [4.69, 9.17) is 5.11 Å². The van der Waals surface area contributed by atoms with Crippen LogP contribution in [0, 0.1) is 12.8 Å². The van der Waals surface area contributed by atoms with Gasteiger partial charge in [-0.25, -0.2) is 0 Å². The van der Waals surface area contributed by atoms with Crippen LogP contribution in [-0.4, -0.2) is 53.5 Å². The number of nitrogens with zero attached hydrogens (tertiary/aromatic N) is 2. The summed E-state index contributed by atoms with van der Waals surface area (Å²) in [6.45, 7) is 4.82. The first-order valence-corrected chi connectivity index (χ1v) is 8.21. The highest BCUT2D eigenvalue weighted by Crippen LogP contribution is 2.37. The third-order valence-electron chi connectivity index (χ3n) is 4.59. The normalized spacial score (nSPS) is 21.4. The number of hydrogen-bond acceptors (Lipinski definition) is 3. The molecule has 5 nitrogen and oxygen atoms in total. The molecule has 1 heterocycles. The van der Waals surface area contributed by atoms with Crippen molar-refractivity contribution < 1.29 is 14.7 Å². The minimum atomic E-state index is -0.257. The van der Waals surface area contributed by atoms with E-state index in [-0.39, 0.29) is 30.4 Å². The summed E-state index contributed by atoms with van der Waals surface area (Å²) in [6, 6.07) is 7.82. The van der Waals surface area contributed by atoms with Crippen LogP contribution in [0.25, 0.3) is 0 Å². The Morgan fingerprint density at radius 3 is 2.57 bits per heavy atom. The van der Waals surface area contributed by atoms with Gasteiger partial charge in [-0.1, -0.05) is 29.8 Å². The van der Waals surface area contributed by atoms with Crippen molar-refractivity contribution in [2.24, 2.45) is 5.92 Å². The Kier molecular flexibility index (Phi) is 5.77. The minimum absolute atomic E-state index is 0.00410. The van der Waals surface area contributed by atoms with Gasteiger partial charge in [0.15, 0.2) is 0 Å². The molecule has 1 aromatic rings. The highest BCUT2D eigenvalue weighted by molar-refractivity contribution is 5.85. The number of likely N-dealkylation sites (tertiary alicyclic amines) is 1. The van der Waals surface area contributed by atoms with Crippen LogP contribution in [0.1, 0.15) is 36.9 Å². The van der Waals surface area contributed by atoms with Crippen LogP contribution in [0.4, 0.5) is 0 Å². The van der Waals surface area contributed by atoms with Crippen molar-refractivity contribution in [1.82, 2.24) is 9.80 Å². The van der Waals surface area contributed by atoms with Gasteiger partial charge >= 0.3 is 0 Å². The number of hydrogen-bond donors (Lipinski definition) is 1. The number of aliphatic hydroxyl groups excluding tert-OH is 1. The fourth-order valence-electron chi connectivity index (χ4n) is 3.30. The van der Waals surface area contributed by atoms with Crippen LogP contribution in [-0.2, 0) is 9.59 Å². The molecule has 1 aliphatic rings. The maximum Gasteiger partial charge on any atom is 0.227 e. The van der Waals surface area contributed by atoms with E-state index in [0.717, 1.165) is 11.1 Å². The number of benzene rings is 1. The SMILES string of the molecule is CCN1C(=O)CC[C@@H](C(=O)N(C)CCO)[C@@H]1c1ccc(C)cc1. The first-order chi connectivity index (χ1) is 11.0. The zero-order valence-electron chi connectivity index (χ0n) is 14.2. The predicted molar refractivity (Wildman–Crippen MR) is 88.8 cm³/mol. The molecule has 1 aliphatic heterocycles. The average molecular weight is 318 g/mol. The molecular formula is C18H26N2O3. The molecule has 1 N–H and O–H groups in total. The smallest absolute Gasteiger partial charge is 0.227 e. The number of amides is 2. The molecule has 1 saturated heterocycles. The van der Waals surface area contributed by atoms with E-state index in [0.29, 0.717) is 25.9 Å². The van der Waals surface area contributed by atoms with E-state index >= 15 is 0 Å². The number of aryl methyl sites for hydroxylation is 1. The second-order valence-electron chi connectivity index (χ2n) is 6.16. The quantitative estimate of drug-likeness (QED) is 0.899. The molecule has 0 unspecified atom stereocenters. The summed E-state index contributed by atoms with van der Waals surface area (Å²) in [5, 5.41) is 9.08. The van der Waals surface area contributed by atoms with E-state index in [9.17, 15) is 9.59 Å². The van der Waals surface area contributed by atoms with Crippen LogP contribution in [0.15, 0.2) is 24.3 Å². The topological polar surface area (TPSA) is 60.9 Å². The Morgan fingerprint density at radius 2 is 2.00 bits per heavy atom. The van der Waals surface area contributed by atoms with Crippen LogP contribution in [0.3, 0.4) is 0 Å². The summed E-state index contributed by atoms with van der Waals surface area (Å²) < 4.78 is 0. The molecule has 0 aromatic heterocycles. The predicted octanol–water partition coefficient (Wildman–Crippen LogP) is 1.75. The number of piperidine rings is 1. The van der Waals surface area contributed by atoms with E-state index < -0.39 is 0 Å². The fourth-order valence-corrected chi connectivity index (χ4v) is 3.30. The number of aliphatic hydroxyl groups is 1. The molecule has 0 spiro atoms. The summed E-state index contributed by atoms with van der Waals surface area (Å²) in [5.41, 5.74) is 2.15. The molecule has 2 atom stereocenters. The van der Waals surface area contributed by atoms with Crippen LogP contribution in [0.5, 0.6) is 0 Å². The molecule has 5 heteroatoms. The Bertz CT molecular complexity index is 556. The van der Waals surface area contributed by atoms with E-state index in [1.165, 1.54) is 0 Å². The zero-order chi connectivity index (χ0) is 17.0.